The van der Waals surface area contributed by atoms with Crippen LogP contribution in [0.15, 0.2) is 72.8 Å². The highest BCUT2D eigenvalue weighted by Gasteiger charge is 2.36. The summed E-state index contributed by atoms with van der Waals surface area (Å²) in [5.41, 5.74) is 7.43. The molecule has 1 saturated heterocycles. The van der Waals surface area contributed by atoms with Gasteiger partial charge in [0.05, 0.1) is 11.8 Å². The predicted molar refractivity (Wildman–Crippen MR) is 162 cm³/mol. The lowest BCUT2D eigenvalue weighted by molar-refractivity contribution is -0.155. The molecule has 0 aromatic heterocycles. The van der Waals surface area contributed by atoms with E-state index in [0.717, 1.165) is 11.1 Å². The molecule has 1 aliphatic rings. The minimum absolute atomic E-state index is 0.0756. The van der Waals surface area contributed by atoms with Crippen LogP contribution >= 0.6 is 23.2 Å². The van der Waals surface area contributed by atoms with Crippen molar-refractivity contribution < 1.29 is 22.7 Å². The second-order valence-corrected chi connectivity index (χ2v) is 13.8. The van der Waals surface area contributed by atoms with E-state index in [0.29, 0.717) is 23.1 Å². The number of hydrogen-bond acceptors (Lipinski definition) is 7. The van der Waals surface area contributed by atoms with Gasteiger partial charge in [-0.3, -0.25) is 14.4 Å². The van der Waals surface area contributed by atoms with Crippen LogP contribution in [0, 0.1) is 5.92 Å². The first kappa shape index (κ1) is 31.0. The van der Waals surface area contributed by atoms with Gasteiger partial charge < -0.3 is 10.5 Å². The second kappa shape index (κ2) is 12.5. The number of benzene rings is 3. The summed E-state index contributed by atoms with van der Waals surface area (Å²) in [6, 6.07) is 19.5. The SMILES string of the molecule is CC(C)(C)OC(=O)C(N)C(=O)c1cccc(NS(=O)(=O)CC2CN(C(c3ccc(Cl)cc3)c3ccc(Cl)cc3)C2)c1. The summed E-state index contributed by atoms with van der Waals surface area (Å²) in [6.07, 6.45) is 0. The summed E-state index contributed by atoms with van der Waals surface area (Å²) >= 11 is 12.2. The third kappa shape index (κ3) is 8.30. The lowest BCUT2D eigenvalue weighted by atomic mass is 9.91. The van der Waals surface area contributed by atoms with Crippen molar-refractivity contribution in [2.45, 2.75) is 38.5 Å². The van der Waals surface area contributed by atoms with Crippen molar-refractivity contribution in [1.82, 2.24) is 4.90 Å². The highest BCUT2D eigenvalue weighted by molar-refractivity contribution is 7.92. The van der Waals surface area contributed by atoms with E-state index in [1.807, 2.05) is 48.5 Å². The van der Waals surface area contributed by atoms with E-state index in [2.05, 4.69) is 9.62 Å². The number of nitrogens with one attached hydrogen (secondary N) is 1. The number of hydrogen-bond donors (Lipinski definition) is 2. The van der Waals surface area contributed by atoms with Crippen molar-refractivity contribution in [3.05, 3.63) is 99.5 Å². The minimum Gasteiger partial charge on any atom is -0.458 e. The van der Waals surface area contributed by atoms with Crippen molar-refractivity contribution in [1.29, 1.82) is 0 Å². The normalized spacial score (nSPS) is 15.3. The highest BCUT2D eigenvalue weighted by Crippen LogP contribution is 2.36. The van der Waals surface area contributed by atoms with Gasteiger partial charge in [0.1, 0.15) is 5.60 Å². The van der Waals surface area contributed by atoms with E-state index in [4.69, 9.17) is 33.7 Å². The Bertz CT molecular complexity index is 1450. The molecule has 3 aromatic carbocycles. The molecule has 218 valence electrons. The summed E-state index contributed by atoms with van der Waals surface area (Å²) < 4.78 is 33.8. The average molecular weight is 619 g/mol. The number of esters is 1. The van der Waals surface area contributed by atoms with Crippen LogP contribution in [0.25, 0.3) is 0 Å². The summed E-state index contributed by atoms with van der Waals surface area (Å²) in [7, 11) is -3.73. The number of ketones is 1. The number of carbonyl (C=O) groups is 2. The van der Waals surface area contributed by atoms with Gasteiger partial charge in [-0.15, -0.1) is 0 Å². The molecule has 41 heavy (non-hydrogen) atoms. The van der Waals surface area contributed by atoms with Gasteiger partial charge in [0.2, 0.25) is 10.0 Å². The van der Waals surface area contributed by atoms with Crippen LogP contribution in [0.5, 0.6) is 0 Å². The Morgan fingerprint density at radius 3 is 2.02 bits per heavy atom. The number of sulfonamides is 1. The van der Waals surface area contributed by atoms with Crippen molar-refractivity contribution in [3.63, 3.8) is 0 Å². The molecule has 0 amide bonds. The Morgan fingerprint density at radius 1 is 0.976 bits per heavy atom. The number of rotatable bonds is 10. The summed E-state index contributed by atoms with van der Waals surface area (Å²) in [5, 5.41) is 1.28. The van der Waals surface area contributed by atoms with Crippen LogP contribution in [0.2, 0.25) is 10.0 Å². The number of likely N-dealkylation sites (tertiary alicyclic amines) is 1. The molecule has 0 spiro atoms. The van der Waals surface area contributed by atoms with Gasteiger partial charge in [0.15, 0.2) is 11.8 Å². The van der Waals surface area contributed by atoms with Gasteiger partial charge >= 0.3 is 5.97 Å². The zero-order valence-electron chi connectivity index (χ0n) is 23.0. The first-order valence-electron chi connectivity index (χ1n) is 13.1. The van der Waals surface area contributed by atoms with E-state index >= 15 is 0 Å². The van der Waals surface area contributed by atoms with Crippen molar-refractivity contribution in [3.8, 4) is 0 Å². The Kier molecular flexibility index (Phi) is 9.45. The van der Waals surface area contributed by atoms with Crippen LogP contribution < -0.4 is 10.5 Å². The predicted octanol–water partition coefficient (Wildman–Crippen LogP) is 5.31. The lowest BCUT2D eigenvalue weighted by Crippen LogP contribution is -2.51. The molecule has 0 aliphatic carbocycles. The smallest absolute Gasteiger partial charge is 0.331 e. The van der Waals surface area contributed by atoms with E-state index in [9.17, 15) is 18.0 Å². The zero-order valence-corrected chi connectivity index (χ0v) is 25.3. The van der Waals surface area contributed by atoms with E-state index in [1.54, 1.807) is 20.8 Å². The largest absolute Gasteiger partial charge is 0.458 e. The van der Waals surface area contributed by atoms with E-state index in [1.165, 1.54) is 24.3 Å². The van der Waals surface area contributed by atoms with Crippen molar-refractivity contribution in [2.75, 3.05) is 23.6 Å². The molecule has 1 aliphatic heterocycles. The molecule has 0 saturated carbocycles. The fourth-order valence-corrected chi connectivity index (χ4v) is 6.40. The van der Waals surface area contributed by atoms with Gasteiger partial charge in [0.25, 0.3) is 0 Å². The van der Waals surface area contributed by atoms with E-state index < -0.39 is 33.4 Å². The standard InChI is InChI=1S/C30H33Cl2N3O5S/c1-30(2,3)40-29(37)26(33)28(36)22-5-4-6-25(15-22)34-41(38,39)18-19-16-35(17-19)27(20-7-11-23(31)12-8-20)21-9-13-24(32)14-10-21/h4-15,19,26-27,34H,16-18,33H2,1-3H3. The maximum Gasteiger partial charge on any atom is 0.331 e. The quantitative estimate of drug-likeness (QED) is 0.180. The molecule has 1 unspecified atom stereocenters. The first-order valence-corrected chi connectivity index (χ1v) is 15.5. The van der Waals surface area contributed by atoms with E-state index in [-0.39, 0.29) is 29.0 Å². The number of halogens is 2. The molecular weight excluding hydrogens is 585 g/mol. The van der Waals surface area contributed by atoms with Crippen LogP contribution in [-0.2, 0) is 19.6 Å². The molecule has 3 N–H and O–H groups in total. The molecule has 1 fully saturated rings. The van der Waals surface area contributed by atoms with Gasteiger partial charge in [0, 0.05) is 40.3 Å². The second-order valence-electron chi connectivity index (χ2n) is 11.2. The lowest BCUT2D eigenvalue weighted by Gasteiger charge is -2.44. The number of carbonyl (C=O) groups excluding carboxylic acids is 2. The topological polar surface area (TPSA) is 119 Å². The average Bonchev–Trinajstić information content (AvgIpc) is 2.87. The van der Waals surface area contributed by atoms with Crippen LogP contribution in [0.1, 0.15) is 48.3 Å². The summed E-state index contributed by atoms with van der Waals surface area (Å²) in [6.45, 7) is 6.16. The van der Waals surface area contributed by atoms with Gasteiger partial charge in [-0.2, -0.15) is 0 Å². The fourth-order valence-electron chi connectivity index (χ4n) is 4.75. The Hall–Kier alpha value is -2.95. The fraction of sp³-hybridized carbons (Fsp3) is 0.333. The van der Waals surface area contributed by atoms with Crippen LogP contribution in [-0.4, -0.2) is 55.6 Å². The molecule has 4 rings (SSSR count). The number of ether oxygens (including phenoxy) is 1. The van der Waals surface area contributed by atoms with Gasteiger partial charge in [-0.1, -0.05) is 59.6 Å². The summed E-state index contributed by atoms with van der Waals surface area (Å²) in [5.74, 6) is -1.70. The number of anilines is 1. The maximum atomic E-state index is 13.0. The highest BCUT2D eigenvalue weighted by atomic mass is 35.5. The molecule has 3 aromatic rings. The number of nitrogens with zero attached hydrogens (tertiary/aromatic N) is 1. The molecule has 1 heterocycles. The Morgan fingerprint density at radius 2 is 1.51 bits per heavy atom. The Labute approximate surface area is 250 Å². The molecular formula is C30H33Cl2N3O5S. The van der Waals surface area contributed by atoms with Crippen molar-refractivity contribution in [2.24, 2.45) is 11.7 Å². The van der Waals surface area contributed by atoms with Crippen LogP contribution in [0.3, 0.4) is 0 Å². The molecule has 11 heteroatoms. The third-order valence-electron chi connectivity index (χ3n) is 6.54. The number of nitrogens with two attached hydrogens (primary N) is 1. The zero-order chi connectivity index (χ0) is 29.9. The first-order chi connectivity index (χ1) is 19.2. The van der Waals surface area contributed by atoms with Gasteiger partial charge in [-0.05, 0) is 68.3 Å². The molecule has 1 atom stereocenters. The summed E-state index contributed by atoms with van der Waals surface area (Å²) in [4.78, 5) is 27.2. The monoisotopic (exact) mass is 617 g/mol. The number of Topliss-reactive ketones (excluding diaryl/α,β-unsaturated/α-hetero) is 1. The third-order valence-corrected chi connectivity index (χ3v) is 8.50. The van der Waals surface area contributed by atoms with Crippen molar-refractivity contribution >= 4 is 50.7 Å². The minimum atomic E-state index is -3.73. The molecule has 0 radical (unpaired) electrons. The Balaban J connectivity index is 1.40. The molecule has 0 bridgehead atoms. The maximum absolute atomic E-state index is 13.0. The van der Waals surface area contributed by atoms with Gasteiger partial charge in [-0.25, -0.2) is 13.2 Å². The van der Waals surface area contributed by atoms with Crippen LogP contribution in [0.4, 0.5) is 5.69 Å². The molecule has 8 nitrogen and oxygen atoms in total.